The van der Waals surface area contributed by atoms with Gasteiger partial charge in [-0.2, -0.15) is 0 Å². The largest absolute Gasteiger partial charge is 0.279 e. The van der Waals surface area contributed by atoms with Crippen molar-refractivity contribution >= 4 is 21.4 Å². The summed E-state index contributed by atoms with van der Waals surface area (Å²) in [6.07, 6.45) is 0. The minimum absolute atomic E-state index is 0.0648. The molecule has 0 aromatic heterocycles. The number of rotatable bonds is 4. The van der Waals surface area contributed by atoms with Crippen LogP contribution in [0.3, 0.4) is 0 Å². The minimum Gasteiger partial charge on any atom is -0.279 e. The summed E-state index contributed by atoms with van der Waals surface area (Å²) in [4.78, 5) is 10.4. The molecule has 0 fully saturated rings. The average molecular weight is 348 g/mol. The van der Waals surface area contributed by atoms with Crippen molar-refractivity contribution in [3.05, 3.63) is 63.7 Å². The third-order valence-electron chi connectivity index (χ3n) is 3.70. The van der Waals surface area contributed by atoms with E-state index in [0.29, 0.717) is 11.3 Å². The predicted octanol–water partition coefficient (Wildman–Crippen LogP) is 4.00. The Hall–Kier alpha value is -2.41. The molecule has 7 heteroatoms. The number of aryl methyl sites for hydroxylation is 1. The Balaban J connectivity index is 2.30. The van der Waals surface area contributed by atoms with Crippen LogP contribution in [0, 0.1) is 17.0 Å². The zero-order valence-corrected chi connectivity index (χ0v) is 14.8. The molecule has 0 spiro atoms. The molecule has 0 aliphatic carbocycles. The smallest absolute Gasteiger partial charge is 0.269 e. The van der Waals surface area contributed by atoms with Gasteiger partial charge in [0.1, 0.15) is 0 Å². The monoisotopic (exact) mass is 348 g/mol. The second-order valence-electron chi connectivity index (χ2n) is 6.64. The number of nitro groups is 1. The number of nitrogens with one attached hydrogen (secondary N) is 1. The first-order valence-electron chi connectivity index (χ1n) is 7.39. The van der Waals surface area contributed by atoms with E-state index < -0.39 is 14.9 Å². The standard InChI is InChI=1S/C17H20N2O4S/c1-12-11-14(19(20)21)7-10-16(12)18-24(22,23)15-8-5-13(6-9-15)17(2,3)4/h5-11,18H,1-4H3. The maximum atomic E-state index is 12.5. The molecule has 2 rings (SSSR count). The van der Waals surface area contributed by atoms with E-state index in [1.54, 1.807) is 31.2 Å². The fraction of sp³-hybridized carbons (Fsp3) is 0.294. The van der Waals surface area contributed by atoms with Crippen molar-refractivity contribution in [3.63, 3.8) is 0 Å². The molecule has 6 nitrogen and oxygen atoms in total. The molecule has 0 bridgehead atoms. The number of nitro benzene ring substituents is 1. The van der Waals surface area contributed by atoms with Crippen LogP contribution in [-0.2, 0) is 15.4 Å². The fourth-order valence-electron chi connectivity index (χ4n) is 2.21. The normalized spacial score (nSPS) is 12.0. The van der Waals surface area contributed by atoms with E-state index >= 15 is 0 Å². The predicted molar refractivity (Wildman–Crippen MR) is 93.8 cm³/mol. The number of sulfonamides is 1. The molecular formula is C17H20N2O4S. The van der Waals surface area contributed by atoms with Crippen LogP contribution in [-0.4, -0.2) is 13.3 Å². The molecule has 1 N–H and O–H groups in total. The van der Waals surface area contributed by atoms with Crippen LogP contribution in [0.15, 0.2) is 47.4 Å². The molecule has 128 valence electrons. The van der Waals surface area contributed by atoms with E-state index in [9.17, 15) is 18.5 Å². The van der Waals surface area contributed by atoms with Crippen molar-refractivity contribution in [1.82, 2.24) is 0 Å². The lowest BCUT2D eigenvalue weighted by Gasteiger charge is -2.19. The van der Waals surface area contributed by atoms with Gasteiger partial charge in [0.15, 0.2) is 0 Å². The SMILES string of the molecule is Cc1cc([N+](=O)[O-])ccc1NS(=O)(=O)c1ccc(C(C)(C)C)cc1. The third-order valence-corrected chi connectivity index (χ3v) is 5.08. The number of hydrogen-bond donors (Lipinski definition) is 1. The summed E-state index contributed by atoms with van der Waals surface area (Å²) in [5, 5.41) is 10.8. The molecule has 0 atom stereocenters. The molecule has 0 saturated carbocycles. The van der Waals surface area contributed by atoms with E-state index in [2.05, 4.69) is 25.5 Å². The van der Waals surface area contributed by atoms with Crippen molar-refractivity contribution in [2.45, 2.75) is 38.0 Å². The molecule has 0 amide bonds. The highest BCUT2D eigenvalue weighted by Gasteiger charge is 2.19. The van der Waals surface area contributed by atoms with E-state index in [1.807, 2.05) is 0 Å². The first-order valence-corrected chi connectivity index (χ1v) is 8.87. The van der Waals surface area contributed by atoms with Gasteiger partial charge in [-0.15, -0.1) is 0 Å². The van der Waals surface area contributed by atoms with Gasteiger partial charge in [-0.1, -0.05) is 32.9 Å². The van der Waals surface area contributed by atoms with Crippen LogP contribution < -0.4 is 4.72 Å². The Morgan fingerprint density at radius 3 is 2.08 bits per heavy atom. The molecular weight excluding hydrogens is 328 g/mol. The highest BCUT2D eigenvalue weighted by molar-refractivity contribution is 7.92. The van der Waals surface area contributed by atoms with E-state index in [4.69, 9.17) is 0 Å². The van der Waals surface area contributed by atoms with Crippen molar-refractivity contribution in [2.24, 2.45) is 0 Å². The van der Waals surface area contributed by atoms with E-state index in [1.165, 1.54) is 18.2 Å². The van der Waals surface area contributed by atoms with Gasteiger partial charge in [0.2, 0.25) is 0 Å². The molecule has 0 saturated heterocycles. The number of non-ortho nitro benzene ring substituents is 1. The molecule has 0 unspecified atom stereocenters. The van der Waals surface area contributed by atoms with Crippen LogP contribution in [0.2, 0.25) is 0 Å². The van der Waals surface area contributed by atoms with Crippen LogP contribution in [0.1, 0.15) is 31.9 Å². The van der Waals surface area contributed by atoms with Crippen LogP contribution in [0.4, 0.5) is 11.4 Å². The third kappa shape index (κ3) is 3.91. The highest BCUT2D eigenvalue weighted by Crippen LogP contribution is 2.26. The summed E-state index contributed by atoms with van der Waals surface area (Å²) in [6, 6.07) is 10.7. The second kappa shape index (κ2) is 6.24. The van der Waals surface area contributed by atoms with Crippen LogP contribution in [0.25, 0.3) is 0 Å². The minimum atomic E-state index is -3.75. The molecule has 24 heavy (non-hydrogen) atoms. The highest BCUT2D eigenvalue weighted by atomic mass is 32.2. The van der Waals surface area contributed by atoms with Crippen molar-refractivity contribution in [2.75, 3.05) is 4.72 Å². The Kier molecular flexibility index (Phi) is 4.66. The summed E-state index contributed by atoms with van der Waals surface area (Å²) in [5.74, 6) is 0. The van der Waals surface area contributed by atoms with Gasteiger partial charge in [-0.25, -0.2) is 8.42 Å². The van der Waals surface area contributed by atoms with E-state index in [-0.39, 0.29) is 16.0 Å². The van der Waals surface area contributed by atoms with Gasteiger partial charge in [0, 0.05) is 12.1 Å². The van der Waals surface area contributed by atoms with E-state index in [0.717, 1.165) is 5.56 Å². The fourth-order valence-corrected chi connectivity index (χ4v) is 3.34. The van der Waals surface area contributed by atoms with Crippen molar-refractivity contribution in [3.8, 4) is 0 Å². The van der Waals surface area contributed by atoms with Gasteiger partial charge >= 0.3 is 0 Å². The quantitative estimate of drug-likeness (QED) is 0.668. The zero-order valence-electron chi connectivity index (χ0n) is 14.0. The molecule has 2 aromatic carbocycles. The molecule has 2 aromatic rings. The first-order chi connectivity index (χ1) is 11.0. The lowest BCUT2D eigenvalue weighted by Crippen LogP contribution is -2.15. The summed E-state index contributed by atoms with van der Waals surface area (Å²) < 4.78 is 27.5. The van der Waals surface area contributed by atoms with Crippen LogP contribution >= 0.6 is 0 Å². The van der Waals surface area contributed by atoms with Gasteiger partial charge < -0.3 is 0 Å². The Labute approximate surface area is 141 Å². The maximum Gasteiger partial charge on any atom is 0.269 e. The second-order valence-corrected chi connectivity index (χ2v) is 8.32. The summed E-state index contributed by atoms with van der Waals surface area (Å²) >= 11 is 0. The summed E-state index contributed by atoms with van der Waals surface area (Å²) in [5.41, 5.74) is 1.70. The Bertz CT molecular complexity index is 866. The van der Waals surface area contributed by atoms with Gasteiger partial charge in [0.25, 0.3) is 15.7 Å². The lowest BCUT2D eigenvalue weighted by molar-refractivity contribution is -0.384. The topological polar surface area (TPSA) is 89.3 Å². The number of benzene rings is 2. The Morgan fingerprint density at radius 2 is 1.62 bits per heavy atom. The number of nitrogens with zero attached hydrogens (tertiary/aromatic N) is 1. The van der Waals surface area contributed by atoms with Crippen LogP contribution in [0.5, 0.6) is 0 Å². The molecule has 0 aliphatic rings. The van der Waals surface area contributed by atoms with Gasteiger partial charge in [0.05, 0.1) is 15.5 Å². The Morgan fingerprint density at radius 1 is 1.04 bits per heavy atom. The molecule has 0 radical (unpaired) electrons. The van der Waals surface area contributed by atoms with Gasteiger partial charge in [-0.3, -0.25) is 14.8 Å². The molecule has 0 aliphatic heterocycles. The molecule has 0 heterocycles. The lowest BCUT2D eigenvalue weighted by atomic mass is 9.87. The maximum absolute atomic E-state index is 12.5. The average Bonchev–Trinajstić information content (AvgIpc) is 2.48. The number of anilines is 1. The van der Waals surface area contributed by atoms with Crippen molar-refractivity contribution in [1.29, 1.82) is 0 Å². The number of hydrogen-bond acceptors (Lipinski definition) is 4. The first kappa shape index (κ1) is 17.9. The summed E-state index contributed by atoms with van der Waals surface area (Å²) in [7, 11) is -3.75. The zero-order chi connectivity index (χ0) is 18.1. The van der Waals surface area contributed by atoms with Gasteiger partial charge in [-0.05, 0) is 41.7 Å². The summed E-state index contributed by atoms with van der Waals surface area (Å²) in [6.45, 7) is 7.77. The van der Waals surface area contributed by atoms with Crippen molar-refractivity contribution < 1.29 is 13.3 Å².